The lowest BCUT2D eigenvalue weighted by Gasteiger charge is -2.11. The van der Waals surface area contributed by atoms with Crippen molar-refractivity contribution in [3.63, 3.8) is 0 Å². The van der Waals surface area contributed by atoms with Crippen LogP contribution in [0.5, 0.6) is 0 Å². The number of nitrogens with one attached hydrogen (secondary N) is 4. The van der Waals surface area contributed by atoms with Crippen molar-refractivity contribution in [2.45, 2.75) is 32.7 Å². The highest BCUT2D eigenvalue weighted by Gasteiger charge is 2.15. The molecule has 1 saturated heterocycles. The number of rotatable bonds is 7. The Labute approximate surface area is 178 Å². The van der Waals surface area contributed by atoms with Crippen LogP contribution in [-0.4, -0.2) is 25.0 Å². The first-order valence-electron chi connectivity index (χ1n) is 9.79. The highest BCUT2D eigenvalue weighted by atomic mass is 35.5. The summed E-state index contributed by atoms with van der Waals surface area (Å²) in [5.41, 5.74) is 3.47. The van der Waals surface area contributed by atoms with Gasteiger partial charge in [0.2, 0.25) is 5.91 Å². The molecule has 156 valence electrons. The second-order valence-corrected chi connectivity index (χ2v) is 7.32. The number of benzene rings is 2. The molecule has 1 aliphatic rings. The Hall–Kier alpha value is -2.57. The fourth-order valence-corrected chi connectivity index (χ4v) is 3.36. The largest absolute Gasteiger partial charge is 0.352 e. The lowest BCUT2D eigenvalue weighted by Crippen LogP contribution is -2.24. The van der Waals surface area contributed by atoms with Crippen molar-refractivity contribution in [3.05, 3.63) is 59.7 Å². The van der Waals surface area contributed by atoms with Crippen LogP contribution in [0.2, 0.25) is 0 Å². The Morgan fingerprint density at radius 1 is 1.07 bits per heavy atom. The second-order valence-electron chi connectivity index (χ2n) is 7.32. The van der Waals surface area contributed by atoms with Crippen molar-refractivity contribution in [1.82, 2.24) is 10.6 Å². The summed E-state index contributed by atoms with van der Waals surface area (Å²) >= 11 is 0. The quantitative estimate of drug-likeness (QED) is 0.549. The minimum atomic E-state index is -0.294. The minimum absolute atomic E-state index is 0. The summed E-state index contributed by atoms with van der Waals surface area (Å²) < 4.78 is 0. The third-order valence-electron chi connectivity index (χ3n) is 4.89. The van der Waals surface area contributed by atoms with E-state index in [9.17, 15) is 9.59 Å². The van der Waals surface area contributed by atoms with Gasteiger partial charge in [0.15, 0.2) is 0 Å². The summed E-state index contributed by atoms with van der Waals surface area (Å²) in [5.74, 6) is 0.688. The summed E-state index contributed by atoms with van der Waals surface area (Å²) in [6, 6.07) is 14.8. The Balaban J connectivity index is 0.00000300. The summed E-state index contributed by atoms with van der Waals surface area (Å²) in [6.45, 7) is 4.51. The topological polar surface area (TPSA) is 82.3 Å². The van der Waals surface area contributed by atoms with E-state index in [1.165, 1.54) is 0 Å². The number of amides is 3. The van der Waals surface area contributed by atoms with Gasteiger partial charge in [-0.15, -0.1) is 12.4 Å². The number of carbonyl (C=O) groups excluding carboxylic acids is 2. The van der Waals surface area contributed by atoms with Crippen LogP contribution in [0, 0.1) is 12.8 Å². The first kappa shape index (κ1) is 22.7. The number of carbonyl (C=O) groups is 2. The number of hydrogen-bond donors (Lipinski definition) is 4. The van der Waals surface area contributed by atoms with Crippen LogP contribution in [0.4, 0.5) is 16.2 Å². The summed E-state index contributed by atoms with van der Waals surface area (Å²) in [7, 11) is 0. The molecule has 6 nitrogen and oxygen atoms in total. The zero-order valence-electron chi connectivity index (χ0n) is 16.7. The molecule has 0 radical (unpaired) electrons. The fourth-order valence-electron chi connectivity index (χ4n) is 3.36. The number of halogens is 1. The van der Waals surface area contributed by atoms with Gasteiger partial charge in [-0.05, 0) is 74.2 Å². The number of anilines is 2. The molecule has 0 bridgehead atoms. The van der Waals surface area contributed by atoms with Gasteiger partial charge in [-0.1, -0.05) is 24.3 Å². The van der Waals surface area contributed by atoms with Crippen LogP contribution < -0.4 is 21.3 Å². The van der Waals surface area contributed by atoms with E-state index in [0.29, 0.717) is 24.6 Å². The molecule has 1 fully saturated rings. The highest BCUT2D eigenvalue weighted by Crippen LogP contribution is 2.15. The van der Waals surface area contributed by atoms with Crippen molar-refractivity contribution in [3.8, 4) is 0 Å². The van der Waals surface area contributed by atoms with Crippen LogP contribution in [-0.2, 0) is 11.3 Å². The normalized spacial score (nSPS) is 15.3. The van der Waals surface area contributed by atoms with Crippen LogP contribution in [0.1, 0.15) is 30.4 Å². The number of aryl methyl sites for hydroxylation is 1. The highest BCUT2D eigenvalue weighted by molar-refractivity contribution is 5.99. The first-order chi connectivity index (χ1) is 13.6. The van der Waals surface area contributed by atoms with Gasteiger partial charge in [-0.2, -0.15) is 0 Å². The molecule has 3 amide bonds. The average molecular weight is 417 g/mol. The van der Waals surface area contributed by atoms with E-state index < -0.39 is 0 Å². The van der Waals surface area contributed by atoms with Gasteiger partial charge in [0.1, 0.15) is 0 Å². The van der Waals surface area contributed by atoms with Gasteiger partial charge in [0, 0.05) is 24.3 Å². The van der Waals surface area contributed by atoms with E-state index in [2.05, 4.69) is 21.3 Å². The Morgan fingerprint density at radius 3 is 2.48 bits per heavy atom. The van der Waals surface area contributed by atoms with E-state index in [1.807, 2.05) is 55.5 Å². The van der Waals surface area contributed by atoms with E-state index in [4.69, 9.17) is 0 Å². The zero-order chi connectivity index (χ0) is 19.8. The van der Waals surface area contributed by atoms with Crippen LogP contribution in [0.25, 0.3) is 0 Å². The van der Waals surface area contributed by atoms with Crippen molar-refractivity contribution in [2.75, 3.05) is 23.7 Å². The van der Waals surface area contributed by atoms with Gasteiger partial charge in [-0.3, -0.25) is 4.79 Å². The van der Waals surface area contributed by atoms with E-state index in [0.717, 1.165) is 42.7 Å². The molecule has 1 heterocycles. The first-order valence-corrected chi connectivity index (χ1v) is 9.79. The van der Waals surface area contributed by atoms with Crippen molar-refractivity contribution >= 4 is 35.7 Å². The van der Waals surface area contributed by atoms with E-state index in [1.54, 1.807) is 0 Å². The molecular weight excluding hydrogens is 388 g/mol. The van der Waals surface area contributed by atoms with Crippen LogP contribution in [0.3, 0.4) is 0 Å². The van der Waals surface area contributed by atoms with E-state index in [-0.39, 0.29) is 24.3 Å². The van der Waals surface area contributed by atoms with Gasteiger partial charge in [0.05, 0.1) is 0 Å². The third-order valence-corrected chi connectivity index (χ3v) is 4.89. The molecule has 0 saturated carbocycles. The molecule has 1 atom stereocenters. The van der Waals surface area contributed by atoms with Crippen molar-refractivity contribution in [1.29, 1.82) is 0 Å². The molecule has 29 heavy (non-hydrogen) atoms. The Bertz CT molecular complexity index is 822. The van der Waals surface area contributed by atoms with Crippen LogP contribution >= 0.6 is 12.4 Å². The fraction of sp³-hybridized carbons (Fsp3) is 0.364. The lowest BCUT2D eigenvalue weighted by atomic mass is 10.0. The van der Waals surface area contributed by atoms with Crippen LogP contribution in [0.15, 0.2) is 48.5 Å². The molecular formula is C22H29ClN4O2. The van der Waals surface area contributed by atoms with Gasteiger partial charge >= 0.3 is 6.03 Å². The number of urea groups is 1. The monoisotopic (exact) mass is 416 g/mol. The molecule has 3 rings (SSSR count). The molecule has 1 unspecified atom stereocenters. The molecule has 0 aliphatic carbocycles. The Kier molecular flexibility index (Phi) is 8.96. The smallest absolute Gasteiger partial charge is 0.323 e. The predicted molar refractivity (Wildman–Crippen MR) is 120 cm³/mol. The van der Waals surface area contributed by atoms with Crippen molar-refractivity contribution in [2.24, 2.45) is 5.92 Å². The maximum atomic E-state index is 12.2. The standard InChI is InChI=1S/C22H28N4O2.ClH/c1-16-4-2-6-19(12-16)25-22(28)26-20-7-3-5-18(13-20)15-24-21(27)9-8-17-10-11-23-14-17;/h2-7,12-13,17,23H,8-11,14-15H2,1H3,(H,24,27)(H2,25,26,28);1H. The summed E-state index contributed by atoms with van der Waals surface area (Å²) in [5, 5.41) is 11.9. The van der Waals surface area contributed by atoms with Gasteiger partial charge in [-0.25, -0.2) is 4.79 Å². The minimum Gasteiger partial charge on any atom is -0.352 e. The number of hydrogen-bond acceptors (Lipinski definition) is 3. The van der Waals surface area contributed by atoms with E-state index >= 15 is 0 Å². The SMILES string of the molecule is Cc1cccc(NC(=O)Nc2cccc(CNC(=O)CCC3CCNC3)c2)c1.Cl. The molecule has 1 aliphatic heterocycles. The zero-order valence-corrected chi connectivity index (χ0v) is 17.5. The Morgan fingerprint density at radius 2 is 1.79 bits per heavy atom. The molecule has 0 spiro atoms. The third kappa shape index (κ3) is 7.75. The maximum Gasteiger partial charge on any atom is 0.323 e. The molecule has 4 N–H and O–H groups in total. The second kappa shape index (κ2) is 11.4. The lowest BCUT2D eigenvalue weighted by molar-refractivity contribution is -0.121. The predicted octanol–water partition coefficient (Wildman–Crippen LogP) is 4.07. The van der Waals surface area contributed by atoms with Crippen molar-refractivity contribution < 1.29 is 9.59 Å². The van der Waals surface area contributed by atoms with Gasteiger partial charge in [0.25, 0.3) is 0 Å². The average Bonchev–Trinajstić information content (AvgIpc) is 3.18. The molecule has 0 aromatic heterocycles. The molecule has 2 aromatic rings. The molecule has 7 heteroatoms. The molecule has 2 aromatic carbocycles. The summed E-state index contributed by atoms with van der Waals surface area (Å²) in [4.78, 5) is 24.2. The van der Waals surface area contributed by atoms with Gasteiger partial charge < -0.3 is 21.3 Å². The summed E-state index contributed by atoms with van der Waals surface area (Å²) in [6.07, 6.45) is 2.65. The maximum absolute atomic E-state index is 12.2.